The third kappa shape index (κ3) is 4.15. The van der Waals surface area contributed by atoms with Gasteiger partial charge in [0.1, 0.15) is 19.0 Å². The smallest absolute Gasteiger partial charge is 0.343 e. The molecule has 1 N–H and O–H groups in total. The summed E-state index contributed by atoms with van der Waals surface area (Å²) in [5.41, 5.74) is 2.92. The summed E-state index contributed by atoms with van der Waals surface area (Å²) in [6, 6.07) is 17.9. The zero-order valence-electron chi connectivity index (χ0n) is 24.5. The lowest BCUT2D eigenvalue weighted by Gasteiger charge is -2.39. The number of hydrogen-bond donors (Lipinski definition) is 1. The van der Waals surface area contributed by atoms with Gasteiger partial charge in [-0.1, -0.05) is 71.1 Å². The van der Waals surface area contributed by atoms with Crippen LogP contribution in [-0.4, -0.2) is 28.7 Å². The maximum Gasteiger partial charge on any atom is 0.343 e. The number of carbonyl (C=O) groups excluding carboxylic acids is 1. The van der Waals surface area contributed by atoms with Crippen molar-refractivity contribution in [3.8, 4) is 17.1 Å². The van der Waals surface area contributed by atoms with E-state index in [9.17, 15) is 14.7 Å². The SMILES string of the molecule is CC[C@@]1(O)C(=O)OCc2c1cc1n(c2=O)Cc2c-1nc1ccc(OCc3ccccc3)cc1c2[Si](C)(C)C(C)(C)C. The normalized spacial score (nSPS) is 18.1. The van der Waals surface area contributed by atoms with Gasteiger partial charge in [-0.25, -0.2) is 9.78 Å². The molecule has 2 aromatic carbocycles. The average Bonchev–Trinajstić information content (AvgIpc) is 3.31. The zero-order chi connectivity index (χ0) is 29.3. The lowest BCUT2D eigenvalue weighted by Crippen LogP contribution is -2.51. The maximum absolute atomic E-state index is 13.8. The van der Waals surface area contributed by atoms with Crippen LogP contribution in [0, 0.1) is 0 Å². The standard InChI is InChI=1S/C33H36N2O5Si/c1-7-33(38)25-16-27-28-23(17-35(27)30(36)24(25)19-40-31(33)37)29(41(5,6)32(2,3)4)22-15-21(13-14-26(22)34-28)39-18-20-11-9-8-10-12-20/h8-16,38H,7,17-19H2,1-6H3/t33-/m0/s1. The Hall–Kier alpha value is -3.75. The molecule has 4 heterocycles. The van der Waals surface area contributed by atoms with Crippen LogP contribution in [0.4, 0.5) is 0 Å². The Morgan fingerprint density at radius 1 is 1.07 bits per heavy atom. The van der Waals surface area contributed by atoms with Crippen LogP contribution in [0.1, 0.15) is 56.4 Å². The molecule has 2 aromatic heterocycles. The van der Waals surface area contributed by atoms with E-state index in [4.69, 9.17) is 14.5 Å². The molecular weight excluding hydrogens is 532 g/mol. The van der Waals surface area contributed by atoms with E-state index in [0.717, 1.165) is 33.5 Å². The number of rotatable bonds is 5. The minimum Gasteiger partial charge on any atom is -0.489 e. The van der Waals surface area contributed by atoms with Gasteiger partial charge in [0.15, 0.2) is 5.60 Å². The first-order chi connectivity index (χ1) is 19.4. The van der Waals surface area contributed by atoms with Crippen LogP contribution in [-0.2, 0) is 34.9 Å². The largest absolute Gasteiger partial charge is 0.489 e. The molecule has 1 atom stereocenters. The molecule has 2 aliphatic rings. The van der Waals surface area contributed by atoms with Crippen LogP contribution in [0.25, 0.3) is 22.3 Å². The molecule has 0 unspecified atom stereocenters. The number of hydrogen-bond acceptors (Lipinski definition) is 6. The third-order valence-electron chi connectivity index (χ3n) is 9.41. The van der Waals surface area contributed by atoms with Crippen molar-refractivity contribution in [3.63, 3.8) is 0 Å². The summed E-state index contributed by atoms with van der Waals surface area (Å²) < 4.78 is 13.2. The van der Waals surface area contributed by atoms with Crippen LogP contribution >= 0.6 is 0 Å². The minimum absolute atomic E-state index is 0.0116. The first kappa shape index (κ1) is 27.4. The molecular formula is C33H36N2O5Si. The van der Waals surface area contributed by atoms with E-state index in [2.05, 4.69) is 39.9 Å². The van der Waals surface area contributed by atoms with Gasteiger partial charge < -0.3 is 19.1 Å². The Morgan fingerprint density at radius 3 is 2.49 bits per heavy atom. The van der Waals surface area contributed by atoms with Crippen LogP contribution < -0.4 is 15.5 Å². The lowest BCUT2D eigenvalue weighted by atomic mass is 9.86. The molecule has 0 spiro atoms. The van der Waals surface area contributed by atoms with E-state index in [-0.39, 0.29) is 23.6 Å². The zero-order valence-corrected chi connectivity index (χ0v) is 25.5. The molecule has 0 fully saturated rings. The summed E-state index contributed by atoms with van der Waals surface area (Å²) >= 11 is 0. The van der Waals surface area contributed by atoms with Crippen molar-refractivity contribution < 1.29 is 19.4 Å². The average molecular weight is 569 g/mol. The first-order valence-corrected chi connectivity index (χ1v) is 17.2. The molecule has 0 radical (unpaired) electrons. The van der Waals surface area contributed by atoms with E-state index in [1.165, 1.54) is 5.19 Å². The summed E-state index contributed by atoms with van der Waals surface area (Å²) in [6.45, 7) is 14.0. The van der Waals surface area contributed by atoms with Crippen molar-refractivity contribution in [3.05, 3.63) is 87.2 Å². The van der Waals surface area contributed by atoms with Gasteiger partial charge in [0.05, 0.1) is 37.1 Å². The van der Waals surface area contributed by atoms with Crippen molar-refractivity contribution in [1.29, 1.82) is 0 Å². The predicted octanol–water partition coefficient (Wildman–Crippen LogP) is 5.37. The van der Waals surface area contributed by atoms with Gasteiger partial charge in [-0.3, -0.25) is 4.79 Å². The molecule has 212 valence electrons. The van der Waals surface area contributed by atoms with Crippen LogP contribution in [0.3, 0.4) is 0 Å². The summed E-state index contributed by atoms with van der Waals surface area (Å²) in [6.07, 6.45) is 0.112. The summed E-state index contributed by atoms with van der Waals surface area (Å²) in [4.78, 5) is 31.5. The second kappa shape index (κ2) is 9.39. The first-order valence-electron chi connectivity index (χ1n) is 14.2. The van der Waals surface area contributed by atoms with Gasteiger partial charge in [0, 0.05) is 10.9 Å². The highest BCUT2D eigenvalue weighted by Crippen LogP contribution is 2.43. The molecule has 0 amide bonds. The summed E-state index contributed by atoms with van der Waals surface area (Å²) in [7, 11) is -2.19. The van der Waals surface area contributed by atoms with Crippen LogP contribution in [0.15, 0.2) is 59.4 Å². The van der Waals surface area contributed by atoms with Gasteiger partial charge in [0.25, 0.3) is 5.56 Å². The van der Waals surface area contributed by atoms with Crippen molar-refractivity contribution in [2.75, 3.05) is 0 Å². The third-order valence-corrected chi connectivity index (χ3v) is 15.0. The fraction of sp³-hybridized carbons (Fsp3) is 0.364. The number of pyridine rings is 2. The number of aliphatic hydroxyl groups is 1. The molecule has 0 aliphatic carbocycles. The van der Waals surface area contributed by atoms with E-state index in [1.54, 1.807) is 17.6 Å². The topological polar surface area (TPSA) is 90.7 Å². The van der Waals surface area contributed by atoms with Crippen molar-refractivity contribution in [2.24, 2.45) is 0 Å². The molecule has 6 rings (SSSR count). The molecule has 7 nitrogen and oxygen atoms in total. The number of esters is 1. The van der Waals surface area contributed by atoms with Gasteiger partial charge in [-0.15, -0.1) is 0 Å². The van der Waals surface area contributed by atoms with E-state index in [0.29, 0.717) is 30.0 Å². The van der Waals surface area contributed by atoms with Crippen molar-refractivity contribution >= 4 is 30.1 Å². The van der Waals surface area contributed by atoms with E-state index < -0.39 is 19.6 Å². The highest BCUT2D eigenvalue weighted by atomic mass is 28.3. The molecule has 0 saturated heterocycles. The minimum atomic E-state index is -2.19. The Kier molecular flexibility index (Phi) is 6.28. The summed E-state index contributed by atoms with van der Waals surface area (Å²) in [5, 5.41) is 13.6. The number of fused-ring (bicyclic) bond motifs is 5. The Bertz CT molecular complexity index is 1770. The summed E-state index contributed by atoms with van der Waals surface area (Å²) in [5.74, 6) is 0.0569. The Balaban J connectivity index is 1.57. The van der Waals surface area contributed by atoms with Gasteiger partial charge in [0.2, 0.25) is 0 Å². The van der Waals surface area contributed by atoms with Crippen LogP contribution in [0.5, 0.6) is 5.75 Å². The molecule has 0 bridgehead atoms. The lowest BCUT2D eigenvalue weighted by molar-refractivity contribution is -0.172. The molecule has 8 heteroatoms. The van der Waals surface area contributed by atoms with Gasteiger partial charge >= 0.3 is 5.97 Å². The number of cyclic esters (lactones) is 1. The van der Waals surface area contributed by atoms with Crippen molar-refractivity contribution in [2.45, 2.75) is 77.6 Å². The maximum atomic E-state index is 13.8. The van der Waals surface area contributed by atoms with Crippen LogP contribution in [0.2, 0.25) is 18.1 Å². The van der Waals surface area contributed by atoms with E-state index in [1.807, 2.05) is 42.5 Å². The Morgan fingerprint density at radius 2 is 1.80 bits per heavy atom. The van der Waals surface area contributed by atoms with Crippen molar-refractivity contribution in [1.82, 2.24) is 9.55 Å². The number of benzene rings is 2. The number of carbonyl (C=O) groups is 1. The monoisotopic (exact) mass is 568 g/mol. The number of ether oxygens (including phenoxy) is 2. The predicted molar refractivity (Wildman–Crippen MR) is 162 cm³/mol. The van der Waals surface area contributed by atoms with E-state index >= 15 is 0 Å². The quantitative estimate of drug-likeness (QED) is 0.226. The number of nitrogens with zero attached hydrogens (tertiary/aromatic N) is 2. The number of aromatic nitrogens is 2. The van der Waals surface area contributed by atoms with Gasteiger partial charge in [-0.05, 0) is 52.0 Å². The second-order valence-corrected chi connectivity index (χ2v) is 18.0. The molecule has 4 aromatic rings. The molecule has 0 saturated carbocycles. The second-order valence-electron chi connectivity index (χ2n) is 12.7. The highest BCUT2D eigenvalue weighted by Gasteiger charge is 2.47. The highest BCUT2D eigenvalue weighted by molar-refractivity contribution is 6.94. The fourth-order valence-electron chi connectivity index (χ4n) is 5.98. The fourth-order valence-corrected chi connectivity index (χ4v) is 8.55. The van der Waals surface area contributed by atoms with Gasteiger partial charge in [-0.2, -0.15) is 0 Å². The molecule has 2 aliphatic heterocycles. The molecule has 41 heavy (non-hydrogen) atoms. The Labute approximate surface area is 240 Å².